The van der Waals surface area contributed by atoms with Gasteiger partial charge in [-0.15, -0.1) is 0 Å². The first kappa shape index (κ1) is 17.4. The molecule has 0 bridgehead atoms. The van der Waals surface area contributed by atoms with Gasteiger partial charge in [0, 0.05) is 24.3 Å². The largest absolute Gasteiger partial charge is 0.192 e. The molecule has 1 heteroatoms. The first-order valence-electron chi connectivity index (χ1n) is 11.5. The van der Waals surface area contributed by atoms with Crippen LogP contribution in [-0.2, 0) is 0 Å². The summed E-state index contributed by atoms with van der Waals surface area (Å²) in [5.41, 5.74) is 10.8. The highest BCUT2D eigenvalue weighted by Gasteiger charge is 2.54. The Bertz CT molecular complexity index is 1640. The summed E-state index contributed by atoms with van der Waals surface area (Å²) < 4.78 is 0.659. The maximum absolute atomic E-state index is 2.37. The maximum Gasteiger partial charge on any atom is 0.157 e. The van der Waals surface area contributed by atoms with Gasteiger partial charge in [-0.3, -0.25) is 0 Å². The van der Waals surface area contributed by atoms with E-state index in [2.05, 4.69) is 121 Å². The fourth-order valence-corrected chi connectivity index (χ4v) is 6.37. The van der Waals surface area contributed by atoms with Crippen molar-refractivity contribution >= 4 is 44.3 Å². The quantitative estimate of drug-likeness (QED) is 0.215. The third-order valence-corrected chi connectivity index (χ3v) is 7.61. The SMILES string of the molecule is c1ccc2c(c1)-c1ccccc1[N+]21c2ccc3ccccc3c2-c2c1ccc1ccccc21. The number of para-hydroxylation sites is 2. The molecule has 33 heavy (non-hydrogen) atoms. The van der Waals surface area contributed by atoms with E-state index in [4.69, 9.17) is 0 Å². The molecule has 0 saturated heterocycles. The van der Waals surface area contributed by atoms with Gasteiger partial charge in [-0.05, 0) is 45.8 Å². The van der Waals surface area contributed by atoms with Crippen molar-refractivity contribution in [3.8, 4) is 22.3 Å². The zero-order valence-corrected chi connectivity index (χ0v) is 18.0. The van der Waals surface area contributed by atoms with Crippen LogP contribution in [0.25, 0.3) is 43.8 Å². The Morgan fingerprint density at radius 3 is 1.27 bits per heavy atom. The third kappa shape index (κ3) is 1.93. The Hall–Kier alpha value is -4.20. The van der Waals surface area contributed by atoms with E-state index < -0.39 is 0 Å². The van der Waals surface area contributed by atoms with Crippen LogP contribution in [0.3, 0.4) is 0 Å². The van der Waals surface area contributed by atoms with E-state index in [0.29, 0.717) is 4.48 Å². The smallest absolute Gasteiger partial charge is 0.157 e. The zero-order valence-electron chi connectivity index (χ0n) is 18.0. The fraction of sp³-hybridized carbons (Fsp3) is 0. The molecule has 0 aliphatic carbocycles. The molecule has 6 aromatic carbocycles. The topological polar surface area (TPSA) is 0 Å². The number of fused-ring (bicyclic) bond motifs is 14. The molecule has 0 radical (unpaired) electrons. The fourth-order valence-electron chi connectivity index (χ4n) is 6.37. The van der Waals surface area contributed by atoms with Gasteiger partial charge in [0.05, 0.1) is 22.3 Å². The van der Waals surface area contributed by atoms with E-state index in [0.717, 1.165) is 0 Å². The summed E-state index contributed by atoms with van der Waals surface area (Å²) in [4.78, 5) is 0. The average molecular weight is 419 g/mol. The van der Waals surface area contributed by atoms with Gasteiger partial charge in [-0.1, -0.05) is 72.8 Å². The van der Waals surface area contributed by atoms with Crippen molar-refractivity contribution in [2.75, 3.05) is 0 Å². The molecule has 2 aliphatic rings. The molecule has 1 spiro atoms. The number of hydrogen-bond acceptors (Lipinski definition) is 0. The predicted molar refractivity (Wildman–Crippen MR) is 140 cm³/mol. The second kappa shape index (κ2) is 5.98. The summed E-state index contributed by atoms with van der Waals surface area (Å²) in [7, 11) is 0. The number of benzene rings is 6. The first-order chi connectivity index (χ1) is 16.4. The van der Waals surface area contributed by atoms with E-state index in [-0.39, 0.29) is 0 Å². The van der Waals surface area contributed by atoms with E-state index in [9.17, 15) is 0 Å². The molecule has 0 aromatic heterocycles. The Kier molecular flexibility index (Phi) is 3.15. The Morgan fingerprint density at radius 2 is 0.758 bits per heavy atom. The standard InChI is InChI=1S/C32H20N/c1-3-11-23-21(9-1)17-19-29-31(23)32-24-12-4-2-10-22(24)18-20-30(32)33(29)27-15-7-5-13-25(27)26-14-6-8-16-28(26)33/h1-20H/q+1. The molecule has 2 heterocycles. The molecule has 152 valence electrons. The van der Waals surface area contributed by atoms with Crippen molar-refractivity contribution in [2.45, 2.75) is 0 Å². The number of rotatable bonds is 0. The minimum absolute atomic E-state index is 0.659. The molecule has 0 fully saturated rings. The molecule has 0 saturated carbocycles. The highest BCUT2D eigenvalue weighted by atomic mass is 15.4. The van der Waals surface area contributed by atoms with Crippen LogP contribution in [-0.4, -0.2) is 0 Å². The predicted octanol–water partition coefficient (Wildman–Crippen LogP) is 9.26. The van der Waals surface area contributed by atoms with E-state index in [1.807, 2.05) is 0 Å². The zero-order chi connectivity index (χ0) is 21.6. The van der Waals surface area contributed by atoms with Gasteiger partial charge in [0.2, 0.25) is 0 Å². The Balaban J connectivity index is 1.68. The summed E-state index contributed by atoms with van der Waals surface area (Å²) in [5, 5.41) is 5.22. The summed E-state index contributed by atoms with van der Waals surface area (Å²) >= 11 is 0. The van der Waals surface area contributed by atoms with Crippen molar-refractivity contribution < 1.29 is 0 Å². The Labute approximate surface area is 192 Å². The molecule has 0 unspecified atom stereocenters. The lowest BCUT2D eigenvalue weighted by Gasteiger charge is -2.31. The van der Waals surface area contributed by atoms with E-state index >= 15 is 0 Å². The summed E-state index contributed by atoms with van der Waals surface area (Å²) in [6, 6.07) is 44.9. The second-order valence-electron chi connectivity index (χ2n) is 9.07. The van der Waals surface area contributed by atoms with Crippen LogP contribution in [0.1, 0.15) is 0 Å². The van der Waals surface area contributed by atoms with Gasteiger partial charge in [-0.2, -0.15) is 4.48 Å². The normalized spacial score (nSPS) is 14.3. The molecular weight excluding hydrogens is 398 g/mol. The van der Waals surface area contributed by atoms with Gasteiger partial charge in [0.15, 0.2) is 22.7 Å². The van der Waals surface area contributed by atoms with Crippen LogP contribution in [0.4, 0.5) is 22.7 Å². The van der Waals surface area contributed by atoms with E-state index in [1.165, 1.54) is 66.5 Å². The number of nitrogens with zero attached hydrogens (tertiary/aromatic N) is 1. The average Bonchev–Trinajstić information content (AvgIpc) is 3.36. The molecule has 2 aliphatic heterocycles. The van der Waals surface area contributed by atoms with Crippen LogP contribution in [0, 0.1) is 0 Å². The lowest BCUT2D eigenvalue weighted by Crippen LogP contribution is -2.28. The van der Waals surface area contributed by atoms with Crippen LogP contribution < -0.4 is 4.48 Å². The van der Waals surface area contributed by atoms with Crippen LogP contribution in [0.15, 0.2) is 121 Å². The van der Waals surface area contributed by atoms with Crippen LogP contribution in [0.5, 0.6) is 0 Å². The number of hydrogen-bond donors (Lipinski definition) is 0. The van der Waals surface area contributed by atoms with Gasteiger partial charge < -0.3 is 0 Å². The molecule has 6 aromatic rings. The minimum Gasteiger partial charge on any atom is -0.192 e. The Morgan fingerprint density at radius 1 is 0.333 bits per heavy atom. The van der Waals surface area contributed by atoms with E-state index in [1.54, 1.807) is 0 Å². The minimum atomic E-state index is 0.659. The second-order valence-corrected chi connectivity index (χ2v) is 9.07. The van der Waals surface area contributed by atoms with Crippen molar-refractivity contribution in [2.24, 2.45) is 0 Å². The highest BCUT2D eigenvalue weighted by molar-refractivity contribution is 6.22. The first-order valence-corrected chi connectivity index (χ1v) is 11.5. The summed E-state index contributed by atoms with van der Waals surface area (Å²) in [6.07, 6.45) is 0. The molecule has 1 nitrogen and oxygen atoms in total. The molecule has 0 atom stereocenters. The van der Waals surface area contributed by atoms with Crippen molar-refractivity contribution in [3.63, 3.8) is 0 Å². The van der Waals surface area contributed by atoms with Crippen molar-refractivity contribution in [3.05, 3.63) is 121 Å². The van der Waals surface area contributed by atoms with Crippen LogP contribution >= 0.6 is 0 Å². The van der Waals surface area contributed by atoms with Gasteiger partial charge in [-0.25, -0.2) is 0 Å². The molecule has 0 amide bonds. The van der Waals surface area contributed by atoms with Crippen molar-refractivity contribution in [1.29, 1.82) is 0 Å². The molecular formula is C32H20N+. The van der Waals surface area contributed by atoms with Crippen molar-refractivity contribution in [1.82, 2.24) is 4.48 Å². The van der Waals surface area contributed by atoms with Gasteiger partial charge in [0.1, 0.15) is 0 Å². The highest BCUT2D eigenvalue weighted by Crippen LogP contribution is 2.70. The number of quaternary nitrogens is 1. The monoisotopic (exact) mass is 418 g/mol. The van der Waals surface area contributed by atoms with Gasteiger partial charge >= 0.3 is 0 Å². The summed E-state index contributed by atoms with van der Waals surface area (Å²) in [5.74, 6) is 0. The summed E-state index contributed by atoms with van der Waals surface area (Å²) in [6.45, 7) is 0. The van der Waals surface area contributed by atoms with Gasteiger partial charge in [0.25, 0.3) is 0 Å². The maximum atomic E-state index is 2.37. The molecule has 0 N–H and O–H groups in total. The third-order valence-electron chi connectivity index (χ3n) is 7.61. The lowest BCUT2D eigenvalue weighted by molar-refractivity contribution is 0.740. The van der Waals surface area contributed by atoms with Crippen LogP contribution in [0.2, 0.25) is 0 Å². The lowest BCUT2D eigenvalue weighted by atomic mass is 9.94. The molecule has 8 rings (SSSR count).